The van der Waals surface area contributed by atoms with Crippen LogP contribution in [-0.4, -0.2) is 59.6 Å². The lowest BCUT2D eigenvalue weighted by Crippen LogP contribution is -2.44. The van der Waals surface area contributed by atoms with Gasteiger partial charge in [0, 0.05) is 35.8 Å². The Morgan fingerprint density at radius 2 is 1.84 bits per heavy atom. The number of hydrogen-bond donors (Lipinski definition) is 2. The summed E-state index contributed by atoms with van der Waals surface area (Å²) in [4.78, 5) is 43.4. The van der Waals surface area contributed by atoms with Crippen LogP contribution in [0.4, 0.5) is 17.1 Å². The van der Waals surface area contributed by atoms with Gasteiger partial charge in [0.2, 0.25) is 12.3 Å². The van der Waals surface area contributed by atoms with Crippen LogP contribution in [0.1, 0.15) is 37.3 Å². The van der Waals surface area contributed by atoms with Gasteiger partial charge in [-0.2, -0.15) is 0 Å². The summed E-state index contributed by atoms with van der Waals surface area (Å²) in [5.41, 5.74) is 1.40. The highest BCUT2D eigenvalue weighted by Gasteiger charge is 2.52. The Morgan fingerprint density at radius 3 is 2.51 bits per heavy atom. The Kier molecular flexibility index (Phi) is 8.94. The molecule has 2 heterocycles. The number of nitrogens with zero attached hydrogens (tertiary/aromatic N) is 3. The Bertz CT molecular complexity index is 1490. The average molecular weight is 584 g/mol. The van der Waals surface area contributed by atoms with Crippen molar-refractivity contribution in [3.8, 4) is 5.75 Å². The molecule has 2 aliphatic rings. The van der Waals surface area contributed by atoms with Crippen molar-refractivity contribution in [2.75, 3.05) is 30.1 Å². The van der Waals surface area contributed by atoms with Crippen molar-refractivity contribution in [2.45, 2.75) is 44.4 Å². The number of benzene rings is 3. The molecule has 3 aromatic rings. The number of rotatable bonds is 11. The number of aliphatic hydroxyl groups is 2. The molecule has 0 aliphatic carbocycles. The van der Waals surface area contributed by atoms with Crippen molar-refractivity contribution >= 4 is 35.3 Å². The third-order valence-corrected chi connectivity index (χ3v) is 8.46. The van der Waals surface area contributed by atoms with Gasteiger partial charge < -0.3 is 24.7 Å². The molecule has 0 saturated carbocycles. The molecule has 0 spiro atoms. The van der Waals surface area contributed by atoms with Crippen LogP contribution in [0.5, 0.6) is 5.75 Å². The van der Waals surface area contributed by atoms with Gasteiger partial charge in [0.25, 0.3) is 5.91 Å². The monoisotopic (exact) mass is 583 g/mol. The summed E-state index contributed by atoms with van der Waals surface area (Å²) in [6.07, 6.45) is 5.93. The molecule has 43 heavy (non-hydrogen) atoms. The third kappa shape index (κ3) is 5.78. The summed E-state index contributed by atoms with van der Waals surface area (Å²) >= 11 is 0. The lowest BCUT2D eigenvalue weighted by atomic mass is 9.83. The van der Waals surface area contributed by atoms with E-state index in [9.17, 15) is 24.6 Å². The summed E-state index contributed by atoms with van der Waals surface area (Å²) in [6, 6.07) is 21.7. The van der Waals surface area contributed by atoms with E-state index in [1.54, 1.807) is 47.1 Å². The summed E-state index contributed by atoms with van der Waals surface area (Å²) in [6.45, 7) is 2.53. The maximum absolute atomic E-state index is 14.0. The Hall–Kier alpha value is -4.47. The molecule has 1 saturated heterocycles. The number of anilines is 3. The first-order valence-corrected chi connectivity index (χ1v) is 14.5. The van der Waals surface area contributed by atoms with E-state index in [-0.39, 0.29) is 31.5 Å². The number of methoxy groups -OCH3 is 1. The largest absolute Gasteiger partial charge is 0.497 e. The highest BCUT2D eigenvalue weighted by Crippen LogP contribution is 2.47. The lowest BCUT2D eigenvalue weighted by Gasteiger charge is -2.28. The van der Waals surface area contributed by atoms with Gasteiger partial charge in [-0.3, -0.25) is 19.3 Å². The zero-order valence-corrected chi connectivity index (χ0v) is 24.4. The Morgan fingerprint density at radius 1 is 1.12 bits per heavy atom. The van der Waals surface area contributed by atoms with Crippen molar-refractivity contribution in [1.82, 2.24) is 4.90 Å². The molecule has 5 rings (SSSR count). The molecule has 9 nitrogen and oxygen atoms in total. The van der Waals surface area contributed by atoms with Gasteiger partial charge in [-0.25, -0.2) is 0 Å². The SMILES string of the molecule is COc1ccc2c(c1)[C@@](O)([C@H](C)/C=C/CC(=O)N1CCC[C@H]1CO)C(=O)N2Cc1ccc(N(C=O)c2ccccc2)cc1. The highest BCUT2D eigenvalue weighted by molar-refractivity contribution is 6.07. The minimum atomic E-state index is -1.87. The molecule has 2 aliphatic heterocycles. The van der Waals surface area contributed by atoms with Crippen molar-refractivity contribution in [3.05, 3.63) is 96.1 Å². The van der Waals surface area contributed by atoms with E-state index in [1.807, 2.05) is 54.6 Å². The number of ether oxygens (including phenoxy) is 1. The van der Waals surface area contributed by atoms with E-state index in [0.717, 1.165) is 30.5 Å². The standard InChI is InChI=1S/C34H37N3O6/c1-24(8-6-12-32(40)35-19-7-11-28(35)22-38)34(42)30-20-29(43-2)17-18-31(30)36(33(34)41)21-25-13-15-27(16-14-25)37(23-39)26-9-4-3-5-10-26/h3-6,8-10,13-18,20,23-24,28,38,42H,7,11-12,19,21-22H2,1-2H3/b8-6+/t24-,28+,34+/m1/s1. The molecule has 224 valence electrons. The number of aliphatic hydroxyl groups excluding tert-OH is 1. The van der Waals surface area contributed by atoms with Gasteiger partial charge in [-0.15, -0.1) is 0 Å². The maximum Gasteiger partial charge on any atom is 0.264 e. The number of amides is 3. The molecule has 0 unspecified atom stereocenters. The molecule has 3 aromatic carbocycles. The number of likely N-dealkylation sites (tertiary alicyclic amines) is 1. The Balaban J connectivity index is 1.36. The summed E-state index contributed by atoms with van der Waals surface area (Å²) in [7, 11) is 1.53. The molecule has 1 fully saturated rings. The predicted octanol–water partition coefficient (Wildman–Crippen LogP) is 4.29. The lowest BCUT2D eigenvalue weighted by molar-refractivity contribution is -0.139. The Labute approximate surface area is 251 Å². The fourth-order valence-corrected chi connectivity index (χ4v) is 6.00. The number of hydrogen-bond acceptors (Lipinski definition) is 6. The predicted molar refractivity (Wildman–Crippen MR) is 164 cm³/mol. The van der Waals surface area contributed by atoms with Gasteiger partial charge in [0.05, 0.1) is 32.0 Å². The zero-order valence-electron chi connectivity index (χ0n) is 24.4. The molecule has 2 N–H and O–H groups in total. The minimum absolute atomic E-state index is 0.0559. The first-order chi connectivity index (χ1) is 20.8. The molecule has 0 radical (unpaired) electrons. The normalized spacial score (nSPS) is 20.4. The van der Waals surface area contributed by atoms with Crippen molar-refractivity contribution in [3.63, 3.8) is 0 Å². The van der Waals surface area contributed by atoms with Gasteiger partial charge in [-0.05, 0) is 60.9 Å². The van der Waals surface area contributed by atoms with E-state index >= 15 is 0 Å². The van der Waals surface area contributed by atoms with Crippen molar-refractivity contribution in [2.24, 2.45) is 5.92 Å². The summed E-state index contributed by atoms with van der Waals surface area (Å²) < 4.78 is 5.41. The number of fused-ring (bicyclic) bond motifs is 1. The first-order valence-electron chi connectivity index (χ1n) is 14.5. The van der Waals surface area contributed by atoms with E-state index in [4.69, 9.17) is 4.74 Å². The van der Waals surface area contributed by atoms with Gasteiger partial charge in [0.15, 0.2) is 5.60 Å². The number of carbonyl (C=O) groups excluding carboxylic acids is 3. The van der Waals surface area contributed by atoms with Gasteiger partial charge in [0.1, 0.15) is 5.75 Å². The second-order valence-corrected chi connectivity index (χ2v) is 11.0. The molecule has 3 atom stereocenters. The van der Waals surface area contributed by atoms with Gasteiger partial charge >= 0.3 is 0 Å². The van der Waals surface area contributed by atoms with Crippen molar-refractivity contribution < 1.29 is 29.3 Å². The average Bonchev–Trinajstić information content (AvgIpc) is 3.60. The van der Waals surface area contributed by atoms with E-state index in [0.29, 0.717) is 29.2 Å². The van der Waals surface area contributed by atoms with Crippen LogP contribution in [0.15, 0.2) is 84.9 Å². The maximum atomic E-state index is 14.0. The van der Waals surface area contributed by atoms with Crippen LogP contribution in [0.2, 0.25) is 0 Å². The minimum Gasteiger partial charge on any atom is -0.497 e. The third-order valence-electron chi connectivity index (χ3n) is 8.46. The number of carbonyl (C=O) groups is 3. The van der Waals surface area contributed by atoms with Crippen LogP contribution in [0, 0.1) is 5.92 Å². The molecular formula is C34H37N3O6. The number of para-hydroxylation sites is 1. The fraction of sp³-hybridized carbons (Fsp3) is 0.324. The van der Waals surface area contributed by atoms with E-state index < -0.39 is 17.4 Å². The molecule has 0 bridgehead atoms. The van der Waals surface area contributed by atoms with Crippen LogP contribution < -0.4 is 14.5 Å². The summed E-state index contributed by atoms with van der Waals surface area (Å²) in [5, 5.41) is 21.6. The second-order valence-electron chi connectivity index (χ2n) is 11.0. The molecule has 0 aromatic heterocycles. The zero-order chi connectivity index (χ0) is 30.6. The highest BCUT2D eigenvalue weighted by atomic mass is 16.5. The van der Waals surface area contributed by atoms with Crippen LogP contribution in [-0.2, 0) is 26.5 Å². The summed E-state index contributed by atoms with van der Waals surface area (Å²) in [5.74, 6) is -0.689. The van der Waals surface area contributed by atoms with Crippen LogP contribution >= 0.6 is 0 Å². The van der Waals surface area contributed by atoms with Gasteiger partial charge in [-0.1, -0.05) is 49.4 Å². The molecular weight excluding hydrogens is 546 g/mol. The first kappa shape index (κ1) is 30.0. The molecule has 9 heteroatoms. The van der Waals surface area contributed by atoms with Crippen LogP contribution in [0.3, 0.4) is 0 Å². The second kappa shape index (κ2) is 12.8. The van der Waals surface area contributed by atoms with Crippen molar-refractivity contribution in [1.29, 1.82) is 0 Å². The topological polar surface area (TPSA) is 111 Å². The van der Waals surface area contributed by atoms with Crippen LogP contribution in [0.25, 0.3) is 0 Å². The molecule has 3 amide bonds. The fourth-order valence-electron chi connectivity index (χ4n) is 6.00. The van der Waals surface area contributed by atoms with E-state index in [2.05, 4.69) is 0 Å². The smallest absolute Gasteiger partial charge is 0.264 e. The van der Waals surface area contributed by atoms with E-state index in [1.165, 1.54) is 12.0 Å². The quantitative estimate of drug-likeness (QED) is 0.258.